The average molecular weight is 333 g/mol. The maximum absolute atomic E-state index is 13.8. The summed E-state index contributed by atoms with van der Waals surface area (Å²) in [6.07, 6.45) is 4.46. The number of ketones is 1. The molecule has 20 heavy (non-hydrogen) atoms. The van der Waals surface area contributed by atoms with Crippen molar-refractivity contribution in [1.82, 2.24) is 0 Å². The van der Waals surface area contributed by atoms with E-state index in [2.05, 4.69) is 15.9 Å². The van der Waals surface area contributed by atoms with Crippen molar-refractivity contribution in [1.29, 1.82) is 0 Å². The maximum Gasteiger partial charge on any atom is 0.196 e. The largest absolute Gasteiger partial charge is 0.288 e. The van der Waals surface area contributed by atoms with Gasteiger partial charge in [0.15, 0.2) is 5.78 Å². The van der Waals surface area contributed by atoms with Crippen LogP contribution in [-0.4, -0.2) is 5.78 Å². The minimum Gasteiger partial charge on any atom is -0.288 e. The summed E-state index contributed by atoms with van der Waals surface area (Å²) in [5, 5.41) is 0. The minimum absolute atomic E-state index is 0.120. The zero-order valence-electron chi connectivity index (χ0n) is 11.0. The number of rotatable bonds is 2. The number of carbonyl (C=O) groups is 1. The molecular formula is C17H14BrFO. The Morgan fingerprint density at radius 3 is 2.55 bits per heavy atom. The van der Waals surface area contributed by atoms with E-state index in [0.717, 1.165) is 19.3 Å². The maximum atomic E-state index is 13.8. The lowest BCUT2D eigenvalue weighted by atomic mass is 9.89. The molecule has 0 saturated carbocycles. The zero-order chi connectivity index (χ0) is 14.1. The van der Waals surface area contributed by atoms with Gasteiger partial charge >= 0.3 is 0 Å². The summed E-state index contributed by atoms with van der Waals surface area (Å²) in [5.74, 6) is -0.729. The van der Waals surface area contributed by atoms with E-state index in [9.17, 15) is 9.18 Å². The fourth-order valence-electron chi connectivity index (χ4n) is 2.70. The van der Waals surface area contributed by atoms with Crippen molar-refractivity contribution >= 4 is 21.7 Å². The monoisotopic (exact) mass is 332 g/mol. The van der Waals surface area contributed by atoms with E-state index in [1.807, 2.05) is 18.2 Å². The molecule has 3 heteroatoms. The SMILES string of the molecule is O=C(c1ccc2c(c1)CCCC2)c1cc(Br)ccc1F. The van der Waals surface area contributed by atoms with Crippen molar-refractivity contribution in [2.45, 2.75) is 25.7 Å². The minimum atomic E-state index is -0.476. The molecule has 0 aromatic heterocycles. The molecule has 0 fully saturated rings. The fourth-order valence-corrected chi connectivity index (χ4v) is 3.06. The molecule has 0 N–H and O–H groups in total. The number of aryl methyl sites for hydroxylation is 2. The van der Waals surface area contributed by atoms with Gasteiger partial charge in [-0.25, -0.2) is 4.39 Å². The fraction of sp³-hybridized carbons (Fsp3) is 0.235. The predicted molar refractivity (Wildman–Crippen MR) is 80.6 cm³/mol. The first-order valence-electron chi connectivity index (χ1n) is 6.77. The highest BCUT2D eigenvalue weighted by Gasteiger charge is 2.17. The highest BCUT2D eigenvalue weighted by Crippen LogP contribution is 2.24. The topological polar surface area (TPSA) is 17.1 Å². The molecule has 0 unspecified atom stereocenters. The highest BCUT2D eigenvalue weighted by atomic mass is 79.9. The smallest absolute Gasteiger partial charge is 0.196 e. The molecule has 0 atom stereocenters. The van der Waals surface area contributed by atoms with Crippen molar-refractivity contribution in [2.24, 2.45) is 0 Å². The molecule has 0 heterocycles. The lowest BCUT2D eigenvalue weighted by molar-refractivity contribution is 0.103. The Kier molecular flexibility index (Phi) is 3.70. The van der Waals surface area contributed by atoms with Gasteiger partial charge in [-0.05, 0) is 61.1 Å². The molecule has 3 rings (SSSR count). The van der Waals surface area contributed by atoms with Crippen LogP contribution in [0.25, 0.3) is 0 Å². The van der Waals surface area contributed by atoms with Gasteiger partial charge in [-0.3, -0.25) is 4.79 Å². The second kappa shape index (κ2) is 5.49. The van der Waals surface area contributed by atoms with E-state index >= 15 is 0 Å². The van der Waals surface area contributed by atoms with Crippen molar-refractivity contribution in [3.8, 4) is 0 Å². The molecule has 102 valence electrons. The van der Waals surface area contributed by atoms with Gasteiger partial charge in [-0.1, -0.05) is 28.1 Å². The standard InChI is InChI=1S/C17H14BrFO/c18-14-7-8-16(19)15(10-14)17(20)13-6-5-11-3-1-2-4-12(11)9-13/h5-10H,1-4H2. The van der Waals surface area contributed by atoms with E-state index in [1.54, 1.807) is 6.07 Å². The Morgan fingerprint density at radius 1 is 1.00 bits per heavy atom. The first-order valence-corrected chi connectivity index (χ1v) is 7.56. The lowest BCUT2D eigenvalue weighted by Crippen LogP contribution is -2.08. The van der Waals surface area contributed by atoms with Crippen LogP contribution in [0, 0.1) is 5.82 Å². The molecule has 0 bridgehead atoms. The molecule has 0 aliphatic heterocycles. The number of hydrogen-bond donors (Lipinski definition) is 0. The van der Waals surface area contributed by atoms with Crippen molar-refractivity contribution < 1.29 is 9.18 Å². The summed E-state index contributed by atoms with van der Waals surface area (Å²) in [4.78, 5) is 12.4. The molecule has 1 aliphatic carbocycles. The average Bonchev–Trinajstić information content (AvgIpc) is 2.48. The first kappa shape index (κ1) is 13.5. The van der Waals surface area contributed by atoms with Crippen LogP contribution in [0.2, 0.25) is 0 Å². The Hall–Kier alpha value is -1.48. The van der Waals surface area contributed by atoms with Gasteiger partial charge < -0.3 is 0 Å². The van der Waals surface area contributed by atoms with Gasteiger partial charge in [0, 0.05) is 10.0 Å². The van der Waals surface area contributed by atoms with Crippen LogP contribution < -0.4 is 0 Å². The van der Waals surface area contributed by atoms with Crippen LogP contribution in [0.1, 0.15) is 39.9 Å². The van der Waals surface area contributed by atoms with E-state index in [-0.39, 0.29) is 11.3 Å². The number of hydrogen-bond acceptors (Lipinski definition) is 1. The molecule has 2 aromatic rings. The van der Waals surface area contributed by atoms with Gasteiger partial charge in [0.1, 0.15) is 5.82 Å². The van der Waals surface area contributed by atoms with Gasteiger partial charge in [-0.2, -0.15) is 0 Å². The molecular weight excluding hydrogens is 319 g/mol. The van der Waals surface area contributed by atoms with Crippen LogP contribution in [0.5, 0.6) is 0 Å². The highest BCUT2D eigenvalue weighted by molar-refractivity contribution is 9.10. The quantitative estimate of drug-likeness (QED) is 0.728. The molecule has 0 amide bonds. The van der Waals surface area contributed by atoms with Gasteiger partial charge in [0.2, 0.25) is 0 Å². The zero-order valence-corrected chi connectivity index (χ0v) is 12.5. The Morgan fingerprint density at radius 2 is 1.75 bits per heavy atom. The Bertz CT molecular complexity index is 679. The molecule has 0 spiro atoms. The number of fused-ring (bicyclic) bond motifs is 1. The van der Waals surface area contributed by atoms with Crippen molar-refractivity contribution in [3.05, 3.63) is 68.9 Å². The second-order valence-corrected chi connectivity index (χ2v) is 6.06. The number of carbonyl (C=O) groups excluding carboxylic acids is 1. The molecule has 1 nitrogen and oxygen atoms in total. The van der Waals surface area contributed by atoms with E-state index < -0.39 is 5.82 Å². The third kappa shape index (κ3) is 2.55. The van der Waals surface area contributed by atoms with E-state index in [0.29, 0.717) is 10.0 Å². The summed E-state index contributed by atoms with van der Waals surface area (Å²) in [7, 11) is 0. The van der Waals surface area contributed by atoms with E-state index in [1.165, 1.54) is 29.7 Å². The number of halogens is 2. The van der Waals surface area contributed by atoms with Gasteiger partial charge in [-0.15, -0.1) is 0 Å². The summed E-state index contributed by atoms with van der Waals surface area (Å²) in [6.45, 7) is 0. The molecule has 2 aromatic carbocycles. The van der Waals surface area contributed by atoms with Crippen LogP contribution >= 0.6 is 15.9 Å². The Labute approximate surface area is 126 Å². The third-order valence-corrected chi connectivity index (χ3v) is 4.28. The lowest BCUT2D eigenvalue weighted by Gasteiger charge is -2.16. The van der Waals surface area contributed by atoms with Crippen molar-refractivity contribution in [2.75, 3.05) is 0 Å². The summed E-state index contributed by atoms with van der Waals surface area (Å²) < 4.78 is 14.5. The van der Waals surface area contributed by atoms with Crippen LogP contribution in [0.3, 0.4) is 0 Å². The van der Waals surface area contributed by atoms with Crippen molar-refractivity contribution in [3.63, 3.8) is 0 Å². The normalized spacial score (nSPS) is 13.9. The third-order valence-electron chi connectivity index (χ3n) is 3.78. The van der Waals surface area contributed by atoms with Gasteiger partial charge in [0.25, 0.3) is 0 Å². The Balaban J connectivity index is 2.00. The molecule has 1 aliphatic rings. The van der Waals surface area contributed by atoms with Crippen LogP contribution in [0.15, 0.2) is 40.9 Å². The predicted octanol–water partition coefficient (Wildman–Crippen LogP) is 4.70. The molecule has 0 saturated heterocycles. The number of benzene rings is 2. The summed E-state index contributed by atoms with van der Waals surface area (Å²) in [5.41, 5.74) is 3.25. The van der Waals surface area contributed by atoms with Gasteiger partial charge in [0.05, 0.1) is 5.56 Å². The summed E-state index contributed by atoms with van der Waals surface area (Å²) >= 11 is 3.28. The molecule has 0 radical (unpaired) electrons. The summed E-state index contributed by atoms with van der Waals surface area (Å²) in [6, 6.07) is 10.2. The van der Waals surface area contributed by atoms with Crippen LogP contribution in [0.4, 0.5) is 4.39 Å². The van der Waals surface area contributed by atoms with Crippen LogP contribution in [-0.2, 0) is 12.8 Å². The van der Waals surface area contributed by atoms with E-state index in [4.69, 9.17) is 0 Å². The first-order chi connectivity index (χ1) is 9.65. The second-order valence-electron chi connectivity index (χ2n) is 5.14.